The summed E-state index contributed by atoms with van der Waals surface area (Å²) < 4.78 is 6.80. The van der Waals surface area contributed by atoms with Crippen LogP contribution >= 0.6 is 0 Å². The molecule has 1 heterocycles. The summed E-state index contributed by atoms with van der Waals surface area (Å²) in [5.74, 6) is 0. The molecule has 226 valence electrons. The van der Waals surface area contributed by atoms with Gasteiger partial charge in [-0.15, -0.1) is 0 Å². The lowest BCUT2D eigenvalue weighted by atomic mass is 9.90. The third-order valence-corrected chi connectivity index (χ3v) is 9.25. The number of nitrogens with zero attached hydrogens (tertiary/aromatic N) is 1. The van der Waals surface area contributed by atoms with E-state index in [1.54, 1.807) is 0 Å². The first-order chi connectivity index (χ1) is 23.8. The highest BCUT2D eigenvalue weighted by atomic mass is 16.3. The van der Waals surface area contributed by atoms with Crippen LogP contribution in [0.1, 0.15) is 0 Å². The van der Waals surface area contributed by atoms with Gasteiger partial charge < -0.3 is 9.32 Å². The van der Waals surface area contributed by atoms with Crippen LogP contribution in [0.25, 0.3) is 66.1 Å². The standard InChI is InChI=1S/C46H31NO/c1-4-16-32(17-5-1)34-20-14-23-36(30-34)47(35-21-8-3-9-22-35)43-28-15-29-44-45(43)42-31-41(39-26-12-13-27-40(39)46(42)48-44)38-25-11-10-24-37(38)33-18-6-2-7-19-33/h1-31H. The molecule has 2 heteroatoms. The van der Waals surface area contributed by atoms with E-state index < -0.39 is 0 Å². The molecule has 0 aliphatic rings. The Balaban J connectivity index is 1.34. The lowest BCUT2D eigenvalue weighted by Crippen LogP contribution is -2.10. The van der Waals surface area contributed by atoms with E-state index in [2.05, 4.69) is 193 Å². The molecule has 0 spiro atoms. The highest BCUT2D eigenvalue weighted by Crippen LogP contribution is 2.47. The molecule has 0 aliphatic carbocycles. The molecule has 1 aromatic heterocycles. The quantitative estimate of drug-likeness (QED) is 0.185. The van der Waals surface area contributed by atoms with Crippen LogP contribution in [0.3, 0.4) is 0 Å². The maximum absolute atomic E-state index is 6.80. The molecule has 0 aliphatic heterocycles. The first kappa shape index (κ1) is 27.9. The minimum Gasteiger partial charge on any atom is -0.455 e. The summed E-state index contributed by atoms with van der Waals surface area (Å²) in [6.45, 7) is 0. The monoisotopic (exact) mass is 613 g/mol. The fourth-order valence-corrected chi connectivity index (χ4v) is 7.09. The fourth-order valence-electron chi connectivity index (χ4n) is 7.09. The molecule has 48 heavy (non-hydrogen) atoms. The van der Waals surface area contributed by atoms with Crippen LogP contribution in [0.4, 0.5) is 17.1 Å². The number of para-hydroxylation sites is 1. The van der Waals surface area contributed by atoms with Gasteiger partial charge in [0.05, 0.1) is 11.1 Å². The van der Waals surface area contributed by atoms with E-state index in [1.165, 1.54) is 38.8 Å². The maximum Gasteiger partial charge on any atom is 0.143 e. The van der Waals surface area contributed by atoms with Gasteiger partial charge in [0.1, 0.15) is 11.2 Å². The highest BCUT2D eigenvalue weighted by Gasteiger charge is 2.22. The van der Waals surface area contributed by atoms with Crippen LogP contribution in [0, 0.1) is 0 Å². The summed E-state index contributed by atoms with van der Waals surface area (Å²) in [6, 6.07) is 66.7. The second kappa shape index (κ2) is 11.8. The van der Waals surface area contributed by atoms with Gasteiger partial charge >= 0.3 is 0 Å². The van der Waals surface area contributed by atoms with Crippen molar-refractivity contribution in [2.45, 2.75) is 0 Å². The number of hydrogen-bond acceptors (Lipinski definition) is 2. The molecule has 8 aromatic carbocycles. The Kier molecular flexibility index (Phi) is 6.84. The number of fused-ring (bicyclic) bond motifs is 5. The molecule has 0 saturated carbocycles. The Labute approximate surface area is 279 Å². The van der Waals surface area contributed by atoms with Gasteiger partial charge in [-0.2, -0.15) is 0 Å². The minimum absolute atomic E-state index is 0.862. The molecule has 9 aromatic rings. The molecule has 0 fully saturated rings. The van der Waals surface area contributed by atoms with Crippen LogP contribution in [-0.4, -0.2) is 0 Å². The zero-order chi connectivity index (χ0) is 31.9. The Morgan fingerprint density at radius 1 is 0.354 bits per heavy atom. The molecule has 0 bridgehead atoms. The summed E-state index contributed by atoms with van der Waals surface area (Å²) in [5.41, 5.74) is 12.2. The van der Waals surface area contributed by atoms with Crippen molar-refractivity contribution in [1.82, 2.24) is 0 Å². The summed E-state index contributed by atoms with van der Waals surface area (Å²) in [4.78, 5) is 2.36. The van der Waals surface area contributed by atoms with Gasteiger partial charge in [-0.3, -0.25) is 0 Å². The summed E-state index contributed by atoms with van der Waals surface area (Å²) in [6.07, 6.45) is 0. The summed E-state index contributed by atoms with van der Waals surface area (Å²) in [7, 11) is 0. The van der Waals surface area contributed by atoms with E-state index >= 15 is 0 Å². The van der Waals surface area contributed by atoms with Gasteiger partial charge in [0.2, 0.25) is 0 Å². The summed E-state index contributed by atoms with van der Waals surface area (Å²) in [5, 5.41) is 4.46. The number of rotatable bonds is 6. The van der Waals surface area contributed by atoms with Crippen LogP contribution in [0.5, 0.6) is 0 Å². The van der Waals surface area contributed by atoms with E-state index in [-0.39, 0.29) is 0 Å². The molecule has 0 amide bonds. The topological polar surface area (TPSA) is 16.4 Å². The van der Waals surface area contributed by atoms with Crippen molar-refractivity contribution < 1.29 is 4.42 Å². The predicted molar refractivity (Wildman–Crippen MR) is 202 cm³/mol. The smallest absolute Gasteiger partial charge is 0.143 e. The maximum atomic E-state index is 6.80. The Morgan fingerprint density at radius 2 is 0.938 bits per heavy atom. The molecule has 0 N–H and O–H groups in total. The first-order valence-corrected chi connectivity index (χ1v) is 16.4. The third kappa shape index (κ3) is 4.74. The molecule has 0 saturated heterocycles. The molecule has 2 nitrogen and oxygen atoms in total. The molecule has 0 unspecified atom stereocenters. The van der Waals surface area contributed by atoms with Crippen LogP contribution in [0.15, 0.2) is 192 Å². The molecule has 0 atom stereocenters. The second-order valence-electron chi connectivity index (χ2n) is 12.1. The largest absolute Gasteiger partial charge is 0.455 e. The predicted octanol–water partition coefficient (Wildman–Crippen LogP) is 13.2. The first-order valence-electron chi connectivity index (χ1n) is 16.4. The lowest BCUT2D eigenvalue weighted by molar-refractivity contribution is 0.672. The second-order valence-corrected chi connectivity index (χ2v) is 12.1. The van der Waals surface area contributed by atoms with Gasteiger partial charge in [-0.1, -0.05) is 146 Å². The van der Waals surface area contributed by atoms with E-state index in [0.717, 1.165) is 44.4 Å². The van der Waals surface area contributed by atoms with Crippen molar-refractivity contribution in [1.29, 1.82) is 0 Å². The Hall–Kier alpha value is -6.38. The highest BCUT2D eigenvalue weighted by molar-refractivity contribution is 6.23. The van der Waals surface area contributed by atoms with Gasteiger partial charge in [0, 0.05) is 22.1 Å². The zero-order valence-electron chi connectivity index (χ0n) is 26.3. The van der Waals surface area contributed by atoms with Crippen molar-refractivity contribution in [2.75, 3.05) is 4.90 Å². The van der Waals surface area contributed by atoms with Crippen molar-refractivity contribution in [3.63, 3.8) is 0 Å². The van der Waals surface area contributed by atoms with E-state index in [0.29, 0.717) is 0 Å². The van der Waals surface area contributed by atoms with Crippen molar-refractivity contribution >= 4 is 49.8 Å². The van der Waals surface area contributed by atoms with Crippen molar-refractivity contribution in [3.05, 3.63) is 188 Å². The Morgan fingerprint density at radius 3 is 1.71 bits per heavy atom. The SMILES string of the molecule is c1ccc(-c2cccc(N(c3ccccc3)c3cccc4oc5c6ccccc6c(-c6ccccc6-c6ccccc6)cc5c34)c2)cc1. The lowest BCUT2D eigenvalue weighted by Gasteiger charge is -2.26. The summed E-state index contributed by atoms with van der Waals surface area (Å²) >= 11 is 0. The van der Waals surface area contributed by atoms with Crippen LogP contribution in [0.2, 0.25) is 0 Å². The number of furan rings is 1. The van der Waals surface area contributed by atoms with Crippen molar-refractivity contribution in [2.24, 2.45) is 0 Å². The number of benzene rings is 8. The average molecular weight is 614 g/mol. The van der Waals surface area contributed by atoms with Crippen molar-refractivity contribution in [3.8, 4) is 33.4 Å². The molecule has 9 rings (SSSR count). The van der Waals surface area contributed by atoms with Gasteiger partial charge in [0.15, 0.2) is 0 Å². The average Bonchev–Trinajstić information content (AvgIpc) is 3.56. The van der Waals surface area contributed by atoms with E-state index in [4.69, 9.17) is 4.42 Å². The minimum atomic E-state index is 0.862. The number of hydrogen-bond donors (Lipinski definition) is 0. The van der Waals surface area contributed by atoms with Crippen LogP contribution in [-0.2, 0) is 0 Å². The molecule has 0 radical (unpaired) electrons. The normalized spacial score (nSPS) is 11.3. The van der Waals surface area contributed by atoms with E-state index in [9.17, 15) is 0 Å². The molecular weight excluding hydrogens is 583 g/mol. The van der Waals surface area contributed by atoms with Gasteiger partial charge in [0.25, 0.3) is 0 Å². The Bertz CT molecular complexity index is 2550. The molecular formula is C46H31NO. The number of anilines is 3. The zero-order valence-corrected chi connectivity index (χ0v) is 26.3. The van der Waals surface area contributed by atoms with Gasteiger partial charge in [-0.05, 0) is 81.2 Å². The van der Waals surface area contributed by atoms with Crippen LogP contribution < -0.4 is 4.90 Å². The van der Waals surface area contributed by atoms with Gasteiger partial charge in [-0.25, -0.2) is 0 Å². The fraction of sp³-hybridized carbons (Fsp3) is 0. The van der Waals surface area contributed by atoms with E-state index in [1.807, 2.05) is 0 Å². The third-order valence-electron chi connectivity index (χ3n) is 9.25.